The molecule has 0 atom stereocenters. The van der Waals surface area contributed by atoms with Crippen molar-refractivity contribution < 1.29 is 26.4 Å². The number of hydrogen-bond donors (Lipinski definition) is 0. The van der Waals surface area contributed by atoms with E-state index < -0.39 is 27.3 Å². The van der Waals surface area contributed by atoms with E-state index in [1.807, 2.05) is 0 Å². The van der Waals surface area contributed by atoms with Crippen molar-refractivity contribution in [1.29, 1.82) is 0 Å². The number of ketones is 1. The number of rotatable bonds is 4. The van der Waals surface area contributed by atoms with E-state index in [2.05, 4.69) is 0 Å². The highest BCUT2D eigenvalue weighted by Crippen LogP contribution is 2.32. The van der Waals surface area contributed by atoms with Gasteiger partial charge in [0.25, 0.3) is 0 Å². The average Bonchev–Trinajstić information content (AvgIpc) is 3.11. The van der Waals surface area contributed by atoms with Crippen molar-refractivity contribution in [3.8, 4) is 0 Å². The Kier molecular flexibility index (Phi) is 3.42. The Hall–Kier alpha value is -1.37. The fourth-order valence-corrected chi connectivity index (χ4v) is 2.97. The van der Waals surface area contributed by atoms with Gasteiger partial charge >= 0.3 is 6.18 Å². The zero-order valence-electron chi connectivity index (χ0n) is 9.77. The van der Waals surface area contributed by atoms with Crippen LogP contribution in [0.15, 0.2) is 29.2 Å². The van der Waals surface area contributed by atoms with E-state index in [4.69, 9.17) is 0 Å². The maximum absolute atomic E-state index is 12.3. The number of sulfone groups is 1. The smallest absolute Gasteiger partial charge is 0.298 e. The minimum Gasteiger partial charge on any atom is -0.298 e. The van der Waals surface area contributed by atoms with Crippen LogP contribution in [0.2, 0.25) is 0 Å². The zero-order valence-corrected chi connectivity index (χ0v) is 10.6. The van der Waals surface area contributed by atoms with Crippen LogP contribution in [0.4, 0.5) is 13.2 Å². The molecule has 1 aliphatic carbocycles. The largest absolute Gasteiger partial charge is 0.416 e. The Morgan fingerprint density at radius 1 is 1.16 bits per heavy atom. The quantitative estimate of drug-likeness (QED) is 0.856. The van der Waals surface area contributed by atoms with E-state index in [1.54, 1.807) is 0 Å². The van der Waals surface area contributed by atoms with Crippen molar-refractivity contribution in [1.82, 2.24) is 0 Å². The van der Waals surface area contributed by atoms with Crippen LogP contribution in [-0.4, -0.2) is 20.0 Å². The average molecular weight is 292 g/mol. The zero-order chi connectivity index (χ0) is 14.3. The van der Waals surface area contributed by atoms with Crippen LogP contribution < -0.4 is 0 Å². The van der Waals surface area contributed by atoms with Crippen molar-refractivity contribution in [3.63, 3.8) is 0 Å². The molecule has 0 bridgehead atoms. The van der Waals surface area contributed by atoms with E-state index in [0.717, 1.165) is 12.1 Å². The van der Waals surface area contributed by atoms with Gasteiger partial charge in [0.2, 0.25) is 0 Å². The first-order valence-electron chi connectivity index (χ1n) is 5.63. The number of benzene rings is 1. The van der Waals surface area contributed by atoms with Crippen LogP contribution in [0.25, 0.3) is 0 Å². The van der Waals surface area contributed by atoms with Gasteiger partial charge in [-0.05, 0) is 37.1 Å². The van der Waals surface area contributed by atoms with Gasteiger partial charge in [-0.3, -0.25) is 4.79 Å². The molecular formula is C12H11F3O3S. The first kappa shape index (κ1) is 14.0. The fraction of sp³-hybridized carbons (Fsp3) is 0.417. The minimum atomic E-state index is -4.51. The molecule has 7 heteroatoms. The standard InChI is InChI=1S/C12H11F3O3S/c13-12(14,15)9-3-5-10(6-4-9)19(17,18)7-11(16)8-1-2-8/h3-6,8H,1-2,7H2. The molecule has 0 saturated heterocycles. The monoisotopic (exact) mass is 292 g/mol. The highest BCUT2D eigenvalue weighted by atomic mass is 32.2. The fourth-order valence-electron chi connectivity index (χ4n) is 1.65. The molecule has 104 valence electrons. The lowest BCUT2D eigenvalue weighted by atomic mass is 10.2. The lowest BCUT2D eigenvalue weighted by Gasteiger charge is -2.08. The van der Waals surface area contributed by atoms with E-state index in [0.29, 0.717) is 25.0 Å². The van der Waals surface area contributed by atoms with E-state index >= 15 is 0 Å². The third kappa shape index (κ3) is 3.34. The maximum atomic E-state index is 12.3. The number of alkyl halides is 3. The van der Waals surface area contributed by atoms with Crippen LogP contribution >= 0.6 is 0 Å². The predicted octanol–water partition coefficient (Wildman–Crippen LogP) is 2.46. The summed E-state index contributed by atoms with van der Waals surface area (Å²) >= 11 is 0. The Bertz CT molecular complexity index is 584. The van der Waals surface area contributed by atoms with Gasteiger partial charge in [0.1, 0.15) is 5.75 Å². The number of carbonyl (C=O) groups excluding carboxylic acids is 1. The van der Waals surface area contributed by atoms with Gasteiger partial charge < -0.3 is 0 Å². The molecule has 0 unspecified atom stereocenters. The first-order valence-corrected chi connectivity index (χ1v) is 7.28. The summed E-state index contributed by atoms with van der Waals surface area (Å²) in [5.41, 5.74) is -0.917. The summed E-state index contributed by atoms with van der Waals surface area (Å²) in [6.07, 6.45) is -3.12. The van der Waals surface area contributed by atoms with Gasteiger partial charge in [0.05, 0.1) is 10.5 Å². The molecule has 1 saturated carbocycles. The molecule has 0 heterocycles. The first-order chi connectivity index (χ1) is 8.70. The second-order valence-electron chi connectivity index (χ2n) is 4.52. The summed E-state index contributed by atoms with van der Waals surface area (Å²) in [6, 6.07) is 3.18. The topological polar surface area (TPSA) is 51.2 Å². The van der Waals surface area contributed by atoms with Crippen LogP contribution in [0.5, 0.6) is 0 Å². The summed E-state index contributed by atoms with van der Waals surface area (Å²) < 4.78 is 60.7. The molecule has 0 spiro atoms. The second-order valence-corrected chi connectivity index (χ2v) is 6.51. The Morgan fingerprint density at radius 3 is 2.11 bits per heavy atom. The number of Topliss-reactive ketones (excluding diaryl/α,β-unsaturated/α-hetero) is 1. The molecule has 1 aromatic rings. The summed E-state index contributed by atoms with van der Waals surface area (Å²) in [6.45, 7) is 0. The Balaban J connectivity index is 2.18. The maximum Gasteiger partial charge on any atom is 0.416 e. The van der Waals surface area contributed by atoms with Gasteiger partial charge in [0.15, 0.2) is 15.6 Å². The molecule has 1 fully saturated rings. The summed E-state index contributed by atoms with van der Waals surface area (Å²) in [5, 5.41) is 0. The second kappa shape index (κ2) is 4.63. The normalized spacial score (nSPS) is 16.4. The summed E-state index contributed by atoms with van der Waals surface area (Å²) in [5.74, 6) is -1.19. The molecular weight excluding hydrogens is 281 g/mol. The molecule has 0 aliphatic heterocycles. The van der Waals surface area contributed by atoms with Crippen molar-refractivity contribution in [3.05, 3.63) is 29.8 Å². The van der Waals surface area contributed by atoms with E-state index in [-0.39, 0.29) is 16.6 Å². The van der Waals surface area contributed by atoms with Crippen LogP contribution in [0.1, 0.15) is 18.4 Å². The summed E-state index contributed by atoms with van der Waals surface area (Å²) in [4.78, 5) is 11.2. The Morgan fingerprint density at radius 2 is 1.68 bits per heavy atom. The predicted molar refractivity (Wildman–Crippen MR) is 61.2 cm³/mol. The highest BCUT2D eigenvalue weighted by molar-refractivity contribution is 7.92. The molecule has 19 heavy (non-hydrogen) atoms. The van der Waals surface area contributed by atoms with Crippen molar-refractivity contribution in [2.45, 2.75) is 23.9 Å². The molecule has 0 radical (unpaired) electrons. The molecule has 0 amide bonds. The van der Waals surface area contributed by atoms with Gasteiger partial charge in [-0.15, -0.1) is 0 Å². The van der Waals surface area contributed by atoms with Crippen molar-refractivity contribution in [2.24, 2.45) is 5.92 Å². The molecule has 0 N–H and O–H groups in total. The molecule has 2 rings (SSSR count). The van der Waals surface area contributed by atoms with Gasteiger partial charge in [-0.25, -0.2) is 8.42 Å². The SMILES string of the molecule is O=C(CS(=O)(=O)c1ccc(C(F)(F)F)cc1)C1CC1. The van der Waals surface area contributed by atoms with E-state index in [1.165, 1.54) is 0 Å². The van der Waals surface area contributed by atoms with Gasteiger partial charge in [0, 0.05) is 5.92 Å². The minimum absolute atomic E-state index is 0.191. The summed E-state index contributed by atoms with van der Waals surface area (Å²) in [7, 11) is -3.84. The third-order valence-electron chi connectivity index (χ3n) is 2.91. The number of carbonyl (C=O) groups is 1. The number of hydrogen-bond acceptors (Lipinski definition) is 3. The molecule has 1 aliphatic rings. The van der Waals surface area contributed by atoms with Crippen LogP contribution in [0.3, 0.4) is 0 Å². The van der Waals surface area contributed by atoms with Crippen molar-refractivity contribution in [2.75, 3.05) is 5.75 Å². The molecule has 3 nitrogen and oxygen atoms in total. The van der Waals surface area contributed by atoms with E-state index in [9.17, 15) is 26.4 Å². The Labute approximate surface area is 108 Å². The van der Waals surface area contributed by atoms with Crippen LogP contribution in [-0.2, 0) is 20.8 Å². The van der Waals surface area contributed by atoms with Crippen LogP contribution in [0, 0.1) is 5.92 Å². The molecule has 0 aromatic heterocycles. The number of halogens is 3. The van der Waals surface area contributed by atoms with Crippen molar-refractivity contribution >= 4 is 15.6 Å². The lowest BCUT2D eigenvalue weighted by molar-refractivity contribution is -0.137. The highest BCUT2D eigenvalue weighted by Gasteiger charge is 2.34. The third-order valence-corrected chi connectivity index (χ3v) is 4.56. The van der Waals surface area contributed by atoms with Gasteiger partial charge in [-0.2, -0.15) is 13.2 Å². The lowest BCUT2D eigenvalue weighted by Crippen LogP contribution is -2.17. The molecule has 1 aromatic carbocycles. The van der Waals surface area contributed by atoms with Gasteiger partial charge in [-0.1, -0.05) is 0 Å².